The summed E-state index contributed by atoms with van der Waals surface area (Å²) >= 11 is 0. The number of carbonyl (C=O) groups excluding carboxylic acids is 1. The molecular weight excluding hydrogens is 178 g/mol. The van der Waals surface area contributed by atoms with Crippen molar-refractivity contribution in [3.8, 4) is 0 Å². The molecule has 0 aliphatic carbocycles. The van der Waals surface area contributed by atoms with Crippen molar-refractivity contribution in [2.45, 2.75) is 27.2 Å². The zero-order chi connectivity index (χ0) is 10.6. The number of rotatable bonds is 3. The summed E-state index contributed by atoms with van der Waals surface area (Å²) in [5.41, 5.74) is 1.99. The molecule has 2 N–H and O–H groups in total. The minimum Gasteiger partial charge on any atom is -0.307 e. The lowest BCUT2D eigenvalue weighted by molar-refractivity contribution is -0.112. The Hall–Kier alpha value is -1.58. The fraction of sp³-hybridized carbons (Fsp3) is 0.400. The first-order chi connectivity index (χ1) is 6.63. The lowest BCUT2D eigenvalue weighted by atomic mass is 10.2. The molecule has 4 heteroatoms. The molecule has 0 fully saturated rings. The van der Waals surface area contributed by atoms with Crippen LogP contribution >= 0.6 is 0 Å². The Bertz CT molecular complexity index is 348. The number of hydrogen-bond acceptors (Lipinski definition) is 2. The van der Waals surface area contributed by atoms with Gasteiger partial charge >= 0.3 is 0 Å². The van der Waals surface area contributed by atoms with Crippen LogP contribution in [0.25, 0.3) is 0 Å². The van der Waals surface area contributed by atoms with E-state index in [0.29, 0.717) is 5.82 Å². The van der Waals surface area contributed by atoms with Crippen LogP contribution in [0.1, 0.15) is 26.3 Å². The van der Waals surface area contributed by atoms with Gasteiger partial charge in [-0.05, 0) is 20.3 Å². The average Bonchev–Trinajstić information content (AvgIpc) is 2.50. The highest BCUT2D eigenvalue weighted by Gasteiger charge is 2.04. The van der Waals surface area contributed by atoms with E-state index >= 15 is 0 Å². The van der Waals surface area contributed by atoms with Crippen LogP contribution in [-0.2, 0) is 11.2 Å². The molecule has 14 heavy (non-hydrogen) atoms. The molecule has 0 saturated heterocycles. The molecule has 4 nitrogen and oxygen atoms in total. The number of anilines is 1. The number of amides is 1. The molecule has 76 valence electrons. The molecule has 0 spiro atoms. The Labute approximate surface area is 83.4 Å². The standard InChI is InChI=1S/C10H15N3O/c1-4-8-6-11-13-10(8)12-9(14)5-7(2)3/h5-6H,4H2,1-3H3,(H2,11,12,13,14). The number of aromatic nitrogens is 2. The highest BCUT2D eigenvalue weighted by Crippen LogP contribution is 2.11. The fourth-order valence-corrected chi connectivity index (χ4v) is 1.11. The minimum absolute atomic E-state index is 0.121. The quantitative estimate of drug-likeness (QED) is 0.720. The number of nitrogens with one attached hydrogen (secondary N) is 2. The largest absolute Gasteiger partial charge is 0.307 e. The molecule has 0 bridgehead atoms. The van der Waals surface area contributed by atoms with Crippen molar-refractivity contribution in [3.05, 3.63) is 23.4 Å². The van der Waals surface area contributed by atoms with Gasteiger partial charge in [-0.25, -0.2) is 0 Å². The highest BCUT2D eigenvalue weighted by atomic mass is 16.1. The number of nitrogens with zero attached hydrogens (tertiary/aromatic N) is 1. The van der Waals surface area contributed by atoms with E-state index in [9.17, 15) is 4.79 Å². The Morgan fingerprint density at radius 3 is 2.93 bits per heavy atom. The number of H-pyrrole nitrogens is 1. The summed E-state index contributed by atoms with van der Waals surface area (Å²) < 4.78 is 0. The molecule has 1 rings (SSSR count). The third-order valence-corrected chi connectivity index (χ3v) is 1.77. The Balaban J connectivity index is 2.69. The summed E-state index contributed by atoms with van der Waals surface area (Å²) in [6, 6.07) is 0. The van der Waals surface area contributed by atoms with E-state index in [1.54, 1.807) is 12.3 Å². The fourth-order valence-electron chi connectivity index (χ4n) is 1.11. The zero-order valence-corrected chi connectivity index (χ0v) is 8.72. The van der Waals surface area contributed by atoms with Crippen molar-refractivity contribution >= 4 is 11.7 Å². The molecular formula is C10H15N3O. The lowest BCUT2D eigenvalue weighted by Crippen LogP contribution is -2.10. The topological polar surface area (TPSA) is 57.8 Å². The summed E-state index contributed by atoms with van der Waals surface area (Å²) in [5, 5.41) is 9.35. The van der Waals surface area contributed by atoms with Crippen LogP contribution in [0.2, 0.25) is 0 Å². The SMILES string of the molecule is CCc1cn[nH]c1NC(=O)C=C(C)C. The van der Waals surface area contributed by atoms with Gasteiger partial charge in [0.2, 0.25) is 5.91 Å². The normalized spacial score (nSPS) is 9.64. The monoisotopic (exact) mass is 193 g/mol. The van der Waals surface area contributed by atoms with Gasteiger partial charge in [0.1, 0.15) is 5.82 Å². The first-order valence-electron chi connectivity index (χ1n) is 4.61. The third-order valence-electron chi connectivity index (χ3n) is 1.77. The third kappa shape index (κ3) is 2.73. The van der Waals surface area contributed by atoms with Crippen LogP contribution in [0.3, 0.4) is 0 Å². The smallest absolute Gasteiger partial charge is 0.249 e. The summed E-state index contributed by atoms with van der Waals surface area (Å²) in [5.74, 6) is 0.568. The number of aromatic amines is 1. The molecule has 1 amide bonds. The maximum atomic E-state index is 11.4. The second kappa shape index (κ2) is 4.60. The maximum absolute atomic E-state index is 11.4. The van der Waals surface area contributed by atoms with E-state index in [2.05, 4.69) is 15.5 Å². The van der Waals surface area contributed by atoms with Crippen LogP contribution in [0, 0.1) is 0 Å². The summed E-state index contributed by atoms with van der Waals surface area (Å²) in [7, 11) is 0. The van der Waals surface area contributed by atoms with Gasteiger partial charge in [-0.3, -0.25) is 9.89 Å². The van der Waals surface area contributed by atoms with Gasteiger partial charge in [-0.2, -0.15) is 5.10 Å². The van der Waals surface area contributed by atoms with Gasteiger partial charge in [-0.1, -0.05) is 12.5 Å². The average molecular weight is 193 g/mol. The van der Waals surface area contributed by atoms with Gasteiger partial charge in [0, 0.05) is 11.6 Å². The van der Waals surface area contributed by atoms with E-state index in [1.807, 2.05) is 20.8 Å². The number of carbonyl (C=O) groups is 1. The number of allylic oxidation sites excluding steroid dienone is 1. The van der Waals surface area contributed by atoms with E-state index in [1.165, 1.54) is 0 Å². The van der Waals surface area contributed by atoms with Crippen molar-refractivity contribution < 1.29 is 4.79 Å². The lowest BCUT2D eigenvalue weighted by Gasteiger charge is -2.01. The van der Waals surface area contributed by atoms with Crippen molar-refractivity contribution in [2.24, 2.45) is 0 Å². The van der Waals surface area contributed by atoms with Crippen molar-refractivity contribution in [1.29, 1.82) is 0 Å². The van der Waals surface area contributed by atoms with E-state index in [4.69, 9.17) is 0 Å². The predicted molar refractivity (Wildman–Crippen MR) is 56.0 cm³/mol. The maximum Gasteiger partial charge on any atom is 0.249 e. The number of hydrogen-bond donors (Lipinski definition) is 2. The minimum atomic E-state index is -0.121. The van der Waals surface area contributed by atoms with Crippen molar-refractivity contribution in [3.63, 3.8) is 0 Å². The highest BCUT2D eigenvalue weighted by molar-refractivity contribution is 5.99. The predicted octanol–water partition coefficient (Wildman–Crippen LogP) is 1.88. The van der Waals surface area contributed by atoms with Gasteiger partial charge in [0.25, 0.3) is 0 Å². The van der Waals surface area contributed by atoms with Crippen LogP contribution in [0.5, 0.6) is 0 Å². The van der Waals surface area contributed by atoms with Crippen molar-refractivity contribution in [1.82, 2.24) is 10.2 Å². The van der Waals surface area contributed by atoms with Crippen molar-refractivity contribution in [2.75, 3.05) is 5.32 Å². The Morgan fingerprint density at radius 1 is 1.64 bits per heavy atom. The Morgan fingerprint density at radius 2 is 2.36 bits per heavy atom. The second-order valence-corrected chi connectivity index (χ2v) is 3.33. The molecule has 0 aliphatic heterocycles. The first kappa shape index (κ1) is 10.5. The summed E-state index contributed by atoms with van der Waals surface area (Å²) in [4.78, 5) is 11.4. The molecule has 0 aliphatic rings. The van der Waals surface area contributed by atoms with E-state index < -0.39 is 0 Å². The molecule has 0 unspecified atom stereocenters. The van der Waals surface area contributed by atoms with Gasteiger partial charge < -0.3 is 5.32 Å². The Kier molecular flexibility index (Phi) is 3.45. The van der Waals surface area contributed by atoms with Gasteiger partial charge in [0.15, 0.2) is 0 Å². The van der Waals surface area contributed by atoms with Gasteiger partial charge in [0.05, 0.1) is 6.20 Å². The second-order valence-electron chi connectivity index (χ2n) is 3.33. The van der Waals surface area contributed by atoms with E-state index in [-0.39, 0.29) is 5.91 Å². The van der Waals surface area contributed by atoms with Gasteiger partial charge in [-0.15, -0.1) is 0 Å². The first-order valence-corrected chi connectivity index (χ1v) is 4.61. The molecule has 0 radical (unpaired) electrons. The summed E-state index contributed by atoms with van der Waals surface area (Å²) in [6.45, 7) is 5.78. The van der Waals surface area contributed by atoms with Crippen LogP contribution in [0.15, 0.2) is 17.8 Å². The molecule has 1 aromatic heterocycles. The molecule has 1 aromatic rings. The van der Waals surface area contributed by atoms with Crippen LogP contribution in [0.4, 0.5) is 5.82 Å². The zero-order valence-electron chi connectivity index (χ0n) is 8.72. The molecule has 0 saturated carbocycles. The van der Waals surface area contributed by atoms with Crippen LogP contribution in [-0.4, -0.2) is 16.1 Å². The van der Waals surface area contributed by atoms with Crippen LogP contribution < -0.4 is 5.32 Å². The number of aryl methyl sites for hydroxylation is 1. The summed E-state index contributed by atoms with van der Waals surface area (Å²) in [6.07, 6.45) is 4.12. The molecule has 1 heterocycles. The van der Waals surface area contributed by atoms with E-state index in [0.717, 1.165) is 17.6 Å². The molecule has 0 atom stereocenters. The molecule has 0 aromatic carbocycles.